The second-order valence-corrected chi connectivity index (χ2v) is 3.32. The van der Waals surface area contributed by atoms with E-state index >= 15 is 0 Å². The van der Waals surface area contributed by atoms with Crippen LogP contribution in [-0.4, -0.2) is 28.2 Å². The van der Waals surface area contributed by atoms with Crippen molar-refractivity contribution in [3.8, 4) is 5.75 Å². The van der Waals surface area contributed by atoms with E-state index in [2.05, 4.69) is 15.3 Å². The minimum absolute atomic E-state index is 0.854. The standard InChI is InChI=1S/C11H12N4O/c1-9-3-4-10(5-11(9)16-2)6-14-15-7-12-13-8-15/h3-8H,1-2H3/b14-6-. The van der Waals surface area contributed by atoms with Gasteiger partial charge in [-0.15, -0.1) is 10.2 Å². The third-order valence-corrected chi connectivity index (χ3v) is 2.18. The molecule has 0 aliphatic carbocycles. The van der Waals surface area contributed by atoms with Crippen molar-refractivity contribution in [2.75, 3.05) is 7.11 Å². The van der Waals surface area contributed by atoms with E-state index in [1.165, 1.54) is 17.3 Å². The molecule has 0 unspecified atom stereocenters. The Hall–Kier alpha value is -2.17. The van der Waals surface area contributed by atoms with E-state index in [-0.39, 0.29) is 0 Å². The van der Waals surface area contributed by atoms with Gasteiger partial charge in [0.2, 0.25) is 0 Å². The fraction of sp³-hybridized carbons (Fsp3) is 0.182. The largest absolute Gasteiger partial charge is 0.496 e. The number of aryl methyl sites for hydroxylation is 1. The van der Waals surface area contributed by atoms with Crippen molar-refractivity contribution in [3.05, 3.63) is 42.0 Å². The highest BCUT2D eigenvalue weighted by atomic mass is 16.5. The van der Waals surface area contributed by atoms with E-state index in [1.807, 2.05) is 25.1 Å². The minimum atomic E-state index is 0.854. The Morgan fingerprint density at radius 3 is 2.75 bits per heavy atom. The summed E-state index contributed by atoms with van der Waals surface area (Å²) in [5.41, 5.74) is 2.07. The molecule has 5 nitrogen and oxygen atoms in total. The lowest BCUT2D eigenvalue weighted by Gasteiger charge is -2.04. The lowest BCUT2D eigenvalue weighted by Crippen LogP contribution is -1.91. The van der Waals surface area contributed by atoms with E-state index in [1.54, 1.807) is 13.3 Å². The predicted octanol–water partition coefficient (Wildman–Crippen LogP) is 1.48. The number of hydrogen-bond acceptors (Lipinski definition) is 4. The first-order valence-corrected chi connectivity index (χ1v) is 4.83. The van der Waals surface area contributed by atoms with E-state index in [4.69, 9.17) is 4.74 Å². The van der Waals surface area contributed by atoms with Crippen molar-refractivity contribution < 1.29 is 4.74 Å². The van der Waals surface area contributed by atoms with Gasteiger partial charge in [-0.25, -0.2) is 4.68 Å². The van der Waals surface area contributed by atoms with Gasteiger partial charge in [-0.1, -0.05) is 12.1 Å². The monoisotopic (exact) mass is 216 g/mol. The van der Waals surface area contributed by atoms with Gasteiger partial charge in [0.25, 0.3) is 0 Å². The normalized spacial score (nSPS) is 10.9. The summed E-state index contributed by atoms with van der Waals surface area (Å²) in [6.07, 6.45) is 4.79. The van der Waals surface area contributed by atoms with Gasteiger partial charge in [0, 0.05) is 0 Å². The molecule has 2 rings (SSSR count). The zero-order chi connectivity index (χ0) is 11.4. The number of nitrogens with zero attached hydrogens (tertiary/aromatic N) is 4. The summed E-state index contributed by atoms with van der Waals surface area (Å²) < 4.78 is 6.76. The van der Waals surface area contributed by atoms with Crippen molar-refractivity contribution in [1.29, 1.82) is 0 Å². The van der Waals surface area contributed by atoms with E-state index in [9.17, 15) is 0 Å². The number of aromatic nitrogens is 3. The second-order valence-electron chi connectivity index (χ2n) is 3.32. The summed E-state index contributed by atoms with van der Waals surface area (Å²) >= 11 is 0. The molecule has 0 N–H and O–H groups in total. The molecule has 5 heteroatoms. The molecule has 0 spiro atoms. The predicted molar refractivity (Wildman–Crippen MR) is 60.7 cm³/mol. The molecule has 0 radical (unpaired) electrons. The summed E-state index contributed by atoms with van der Waals surface area (Å²) in [7, 11) is 1.66. The number of benzene rings is 1. The molecular weight excluding hydrogens is 204 g/mol. The summed E-state index contributed by atoms with van der Waals surface area (Å²) in [6, 6.07) is 5.90. The van der Waals surface area contributed by atoms with Gasteiger partial charge in [0.15, 0.2) is 0 Å². The van der Waals surface area contributed by atoms with Gasteiger partial charge in [-0.2, -0.15) is 5.10 Å². The fourth-order valence-corrected chi connectivity index (χ4v) is 1.31. The smallest absolute Gasteiger partial charge is 0.141 e. The first-order chi connectivity index (χ1) is 7.79. The van der Waals surface area contributed by atoms with Crippen molar-refractivity contribution in [3.63, 3.8) is 0 Å². The molecule has 0 bridgehead atoms. The molecule has 1 aromatic heterocycles. The molecule has 0 saturated heterocycles. The minimum Gasteiger partial charge on any atom is -0.496 e. The Balaban J connectivity index is 2.22. The molecular formula is C11H12N4O. The quantitative estimate of drug-likeness (QED) is 0.730. The topological polar surface area (TPSA) is 52.3 Å². The molecule has 16 heavy (non-hydrogen) atoms. The zero-order valence-electron chi connectivity index (χ0n) is 9.16. The van der Waals surface area contributed by atoms with Crippen LogP contribution in [0.3, 0.4) is 0 Å². The molecule has 0 aliphatic rings. The van der Waals surface area contributed by atoms with Gasteiger partial charge in [-0.3, -0.25) is 0 Å². The first-order valence-electron chi connectivity index (χ1n) is 4.83. The van der Waals surface area contributed by atoms with Crippen LogP contribution in [0.25, 0.3) is 0 Å². The highest BCUT2D eigenvalue weighted by Crippen LogP contribution is 2.17. The van der Waals surface area contributed by atoms with Crippen LogP contribution in [-0.2, 0) is 0 Å². The van der Waals surface area contributed by atoms with Gasteiger partial charge in [-0.05, 0) is 24.1 Å². The van der Waals surface area contributed by atoms with Crippen molar-refractivity contribution >= 4 is 6.21 Å². The Morgan fingerprint density at radius 1 is 1.31 bits per heavy atom. The zero-order valence-corrected chi connectivity index (χ0v) is 9.16. The second kappa shape index (κ2) is 4.57. The maximum atomic E-state index is 5.23. The van der Waals surface area contributed by atoms with Crippen molar-refractivity contribution in [1.82, 2.24) is 14.9 Å². The molecule has 0 saturated carbocycles. The Bertz CT molecular complexity index is 491. The summed E-state index contributed by atoms with van der Waals surface area (Å²) in [6.45, 7) is 2.00. The number of hydrogen-bond donors (Lipinski definition) is 0. The van der Waals surface area contributed by atoms with Gasteiger partial charge in [0.05, 0.1) is 13.3 Å². The van der Waals surface area contributed by atoms with Crippen LogP contribution in [0.1, 0.15) is 11.1 Å². The van der Waals surface area contributed by atoms with Crippen LogP contribution in [0, 0.1) is 6.92 Å². The molecule has 0 fully saturated rings. The number of rotatable bonds is 3. The average molecular weight is 216 g/mol. The third-order valence-electron chi connectivity index (χ3n) is 2.18. The Morgan fingerprint density at radius 2 is 2.06 bits per heavy atom. The van der Waals surface area contributed by atoms with E-state index in [0.717, 1.165) is 16.9 Å². The highest BCUT2D eigenvalue weighted by Gasteiger charge is 1.98. The molecule has 2 aromatic rings. The Kier molecular flexibility index (Phi) is 2.95. The van der Waals surface area contributed by atoms with Crippen LogP contribution < -0.4 is 4.74 Å². The van der Waals surface area contributed by atoms with Crippen LogP contribution >= 0.6 is 0 Å². The fourth-order valence-electron chi connectivity index (χ4n) is 1.31. The molecule has 1 heterocycles. The summed E-state index contributed by atoms with van der Waals surface area (Å²) in [5.74, 6) is 0.854. The van der Waals surface area contributed by atoms with Gasteiger partial charge in [0.1, 0.15) is 18.4 Å². The van der Waals surface area contributed by atoms with Crippen molar-refractivity contribution in [2.45, 2.75) is 6.92 Å². The maximum Gasteiger partial charge on any atom is 0.141 e. The molecule has 0 atom stereocenters. The highest BCUT2D eigenvalue weighted by molar-refractivity contribution is 5.80. The van der Waals surface area contributed by atoms with Crippen LogP contribution in [0.5, 0.6) is 5.75 Å². The Labute approximate surface area is 93.4 Å². The lowest BCUT2D eigenvalue weighted by atomic mass is 10.1. The van der Waals surface area contributed by atoms with Crippen LogP contribution in [0.15, 0.2) is 36.0 Å². The summed E-state index contributed by atoms with van der Waals surface area (Å²) in [4.78, 5) is 0. The van der Waals surface area contributed by atoms with Gasteiger partial charge >= 0.3 is 0 Å². The third kappa shape index (κ3) is 2.25. The number of ether oxygens (including phenoxy) is 1. The van der Waals surface area contributed by atoms with Crippen LogP contribution in [0.4, 0.5) is 0 Å². The molecule has 82 valence electrons. The summed E-state index contributed by atoms with van der Waals surface area (Å²) in [5, 5.41) is 11.5. The van der Waals surface area contributed by atoms with Gasteiger partial charge < -0.3 is 4.74 Å². The first kappa shape index (κ1) is 10.4. The lowest BCUT2D eigenvalue weighted by molar-refractivity contribution is 0.411. The van der Waals surface area contributed by atoms with E-state index in [0.29, 0.717) is 0 Å². The average Bonchev–Trinajstić information content (AvgIpc) is 2.81. The van der Waals surface area contributed by atoms with E-state index < -0.39 is 0 Å². The number of methoxy groups -OCH3 is 1. The molecule has 0 aliphatic heterocycles. The van der Waals surface area contributed by atoms with Crippen molar-refractivity contribution in [2.24, 2.45) is 5.10 Å². The SMILES string of the molecule is COc1cc(/C=N\n2cnnc2)ccc1C. The molecule has 0 amide bonds. The molecule has 1 aromatic carbocycles. The maximum absolute atomic E-state index is 5.23. The van der Waals surface area contributed by atoms with Crippen LogP contribution in [0.2, 0.25) is 0 Å².